The third-order valence-corrected chi connectivity index (χ3v) is 3.05. The fourth-order valence-electron chi connectivity index (χ4n) is 1.79. The summed E-state index contributed by atoms with van der Waals surface area (Å²) in [5.74, 6) is -1.27. The highest BCUT2D eigenvalue weighted by Crippen LogP contribution is 2.18. The number of rotatable bonds is 5. The van der Waals surface area contributed by atoms with E-state index in [1.54, 1.807) is 25.1 Å². The van der Waals surface area contributed by atoms with Crippen LogP contribution in [0.3, 0.4) is 0 Å². The zero-order valence-corrected chi connectivity index (χ0v) is 12.1. The van der Waals surface area contributed by atoms with Crippen molar-refractivity contribution in [3.63, 3.8) is 0 Å². The van der Waals surface area contributed by atoms with Crippen molar-refractivity contribution in [2.75, 3.05) is 12.5 Å². The van der Waals surface area contributed by atoms with Crippen molar-refractivity contribution < 1.29 is 19.0 Å². The van der Waals surface area contributed by atoms with Gasteiger partial charge in [-0.15, -0.1) is 0 Å². The average Bonchev–Trinajstić information content (AvgIpc) is 2.52. The number of methoxy groups -OCH3 is 1. The summed E-state index contributed by atoms with van der Waals surface area (Å²) in [6.45, 7) is 1.74. The summed E-state index contributed by atoms with van der Waals surface area (Å²) < 4.78 is 18.5. The van der Waals surface area contributed by atoms with Gasteiger partial charge in [0.2, 0.25) is 0 Å². The van der Waals surface area contributed by atoms with Crippen LogP contribution < -0.4 is 10.2 Å². The van der Waals surface area contributed by atoms with Crippen LogP contribution in [0.15, 0.2) is 47.6 Å². The Kier molecular flexibility index (Phi) is 4.73. The highest BCUT2D eigenvalue weighted by atomic mass is 19.1. The Morgan fingerprint density at radius 3 is 2.36 bits per heavy atom. The number of halogens is 1. The lowest BCUT2D eigenvalue weighted by atomic mass is 10.1. The van der Waals surface area contributed by atoms with Crippen molar-refractivity contribution in [1.29, 1.82) is 0 Å². The smallest absolute Gasteiger partial charge is 0.335 e. The number of nitrogens with one attached hydrogen (secondary N) is 1. The Bertz CT molecular complexity index is 712. The SMILES string of the molecule is COc1ccc(C(C)=NNc2ccc(C(=O)O)cc2)cc1F. The standard InChI is InChI=1S/C16H15FN2O3/c1-10(12-5-8-15(22-2)14(17)9-12)18-19-13-6-3-11(4-7-13)16(20)21/h3-9,19H,1-2H3,(H,20,21). The molecular formula is C16H15FN2O3. The van der Waals surface area contributed by atoms with Gasteiger partial charge in [-0.3, -0.25) is 5.43 Å². The molecule has 2 N–H and O–H groups in total. The Labute approximate surface area is 127 Å². The normalized spacial score (nSPS) is 11.1. The van der Waals surface area contributed by atoms with Gasteiger partial charge in [-0.1, -0.05) is 0 Å². The molecule has 0 atom stereocenters. The number of carboxylic acids is 1. The zero-order chi connectivity index (χ0) is 16.1. The summed E-state index contributed by atoms with van der Waals surface area (Å²) in [6, 6.07) is 10.7. The second kappa shape index (κ2) is 6.71. The quantitative estimate of drug-likeness (QED) is 0.656. The molecule has 0 heterocycles. The lowest BCUT2D eigenvalue weighted by molar-refractivity contribution is 0.0697. The van der Waals surface area contributed by atoms with Gasteiger partial charge in [0.25, 0.3) is 0 Å². The maximum atomic E-state index is 13.6. The number of carboxylic acid groups (broad SMARTS) is 1. The third-order valence-electron chi connectivity index (χ3n) is 3.05. The van der Waals surface area contributed by atoms with E-state index in [-0.39, 0.29) is 11.3 Å². The van der Waals surface area contributed by atoms with Crippen molar-refractivity contribution >= 4 is 17.4 Å². The molecule has 114 valence electrons. The molecule has 2 aromatic carbocycles. The molecule has 2 aromatic rings. The van der Waals surface area contributed by atoms with Crippen molar-refractivity contribution in [3.05, 3.63) is 59.4 Å². The maximum absolute atomic E-state index is 13.6. The van der Waals surface area contributed by atoms with Crippen LogP contribution in [-0.4, -0.2) is 23.9 Å². The van der Waals surface area contributed by atoms with Crippen molar-refractivity contribution in [1.82, 2.24) is 0 Å². The Morgan fingerprint density at radius 2 is 1.82 bits per heavy atom. The predicted octanol–water partition coefficient (Wildman–Crippen LogP) is 3.37. The van der Waals surface area contributed by atoms with Gasteiger partial charge in [-0.2, -0.15) is 5.10 Å². The molecule has 0 saturated heterocycles. The van der Waals surface area contributed by atoms with Gasteiger partial charge in [0.1, 0.15) is 0 Å². The fourth-order valence-corrected chi connectivity index (χ4v) is 1.79. The minimum Gasteiger partial charge on any atom is -0.494 e. The number of hydrazone groups is 1. The van der Waals surface area contributed by atoms with Crippen molar-refractivity contribution in [2.45, 2.75) is 6.92 Å². The van der Waals surface area contributed by atoms with Crippen LogP contribution in [0.5, 0.6) is 5.75 Å². The Balaban J connectivity index is 2.12. The summed E-state index contributed by atoms with van der Waals surface area (Å²) in [5, 5.41) is 13.0. The van der Waals surface area contributed by atoms with E-state index >= 15 is 0 Å². The molecule has 0 fully saturated rings. The number of anilines is 1. The average molecular weight is 302 g/mol. The third kappa shape index (κ3) is 3.60. The summed E-state index contributed by atoms with van der Waals surface area (Å²) in [5.41, 5.74) is 4.84. The minimum atomic E-state index is -0.986. The van der Waals surface area contributed by atoms with Gasteiger partial charge in [0.15, 0.2) is 11.6 Å². The molecule has 2 rings (SSSR count). The lowest BCUT2D eigenvalue weighted by Gasteiger charge is -2.06. The number of benzene rings is 2. The number of aromatic carboxylic acids is 1. The molecule has 0 unspecified atom stereocenters. The van der Waals surface area contributed by atoms with Gasteiger partial charge < -0.3 is 9.84 Å². The van der Waals surface area contributed by atoms with Gasteiger partial charge >= 0.3 is 5.97 Å². The van der Waals surface area contributed by atoms with Crippen LogP contribution in [-0.2, 0) is 0 Å². The highest BCUT2D eigenvalue weighted by Gasteiger charge is 2.06. The first kappa shape index (κ1) is 15.5. The summed E-state index contributed by atoms with van der Waals surface area (Å²) in [4.78, 5) is 10.8. The second-order valence-corrected chi connectivity index (χ2v) is 4.54. The first-order valence-electron chi connectivity index (χ1n) is 6.49. The monoisotopic (exact) mass is 302 g/mol. The number of hydrogen-bond acceptors (Lipinski definition) is 4. The molecule has 0 bridgehead atoms. The molecule has 0 radical (unpaired) electrons. The van der Waals surface area contributed by atoms with E-state index in [1.165, 1.54) is 31.4 Å². The first-order chi connectivity index (χ1) is 10.5. The Hall–Kier alpha value is -2.89. The molecule has 0 aliphatic carbocycles. The van der Waals surface area contributed by atoms with Crippen LogP contribution in [0.2, 0.25) is 0 Å². The fraction of sp³-hybridized carbons (Fsp3) is 0.125. The van der Waals surface area contributed by atoms with Gasteiger partial charge in [-0.25, -0.2) is 9.18 Å². The van der Waals surface area contributed by atoms with E-state index in [0.29, 0.717) is 17.0 Å². The second-order valence-electron chi connectivity index (χ2n) is 4.54. The molecule has 0 aliphatic rings. The van der Waals surface area contributed by atoms with E-state index in [0.717, 1.165) is 0 Å². The molecule has 22 heavy (non-hydrogen) atoms. The van der Waals surface area contributed by atoms with Crippen LogP contribution in [0.4, 0.5) is 10.1 Å². The number of hydrogen-bond donors (Lipinski definition) is 2. The van der Waals surface area contributed by atoms with Gasteiger partial charge in [0, 0.05) is 5.56 Å². The molecule has 0 saturated carbocycles. The first-order valence-corrected chi connectivity index (χ1v) is 6.49. The van der Waals surface area contributed by atoms with E-state index in [4.69, 9.17) is 9.84 Å². The van der Waals surface area contributed by atoms with E-state index in [1.807, 2.05) is 0 Å². The maximum Gasteiger partial charge on any atom is 0.335 e. The molecule has 6 heteroatoms. The largest absolute Gasteiger partial charge is 0.494 e. The lowest BCUT2D eigenvalue weighted by Crippen LogP contribution is -2.01. The number of nitrogens with zero attached hydrogens (tertiary/aromatic N) is 1. The Morgan fingerprint density at radius 1 is 1.18 bits per heavy atom. The van der Waals surface area contributed by atoms with Crippen LogP contribution in [0.25, 0.3) is 0 Å². The van der Waals surface area contributed by atoms with E-state index in [9.17, 15) is 9.18 Å². The summed E-state index contributed by atoms with van der Waals surface area (Å²) in [6.07, 6.45) is 0. The summed E-state index contributed by atoms with van der Waals surface area (Å²) >= 11 is 0. The molecule has 0 aliphatic heterocycles. The van der Waals surface area contributed by atoms with Crippen LogP contribution >= 0.6 is 0 Å². The molecule has 5 nitrogen and oxygen atoms in total. The molecule has 0 amide bonds. The molecule has 0 aromatic heterocycles. The van der Waals surface area contributed by atoms with E-state index < -0.39 is 11.8 Å². The van der Waals surface area contributed by atoms with Crippen LogP contribution in [0, 0.1) is 5.82 Å². The highest BCUT2D eigenvalue weighted by molar-refractivity contribution is 5.99. The molecule has 0 spiro atoms. The van der Waals surface area contributed by atoms with E-state index in [2.05, 4.69) is 10.5 Å². The number of carbonyl (C=O) groups is 1. The predicted molar refractivity (Wildman–Crippen MR) is 82.2 cm³/mol. The van der Waals surface area contributed by atoms with Gasteiger partial charge in [0.05, 0.1) is 24.1 Å². The van der Waals surface area contributed by atoms with Crippen LogP contribution in [0.1, 0.15) is 22.8 Å². The zero-order valence-electron chi connectivity index (χ0n) is 12.1. The van der Waals surface area contributed by atoms with Crippen molar-refractivity contribution in [3.8, 4) is 5.75 Å². The minimum absolute atomic E-state index is 0.175. The topological polar surface area (TPSA) is 70.9 Å². The van der Waals surface area contributed by atoms with Crippen molar-refractivity contribution in [2.24, 2.45) is 5.10 Å². The molecular weight excluding hydrogens is 287 g/mol. The summed E-state index contributed by atoms with van der Waals surface area (Å²) in [7, 11) is 1.40. The number of ether oxygens (including phenoxy) is 1. The van der Waals surface area contributed by atoms with Gasteiger partial charge in [-0.05, 0) is 49.4 Å².